The molecule has 1 aromatic heterocycles. The van der Waals surface area contributed by atoms with E-state index in [1.807, 2.05) is 18.2 Å². The molecule has 1 aliphatic rings. The first-order chi connectivity index (χ1) is 12.2. The molecule has 0 unspecified atom stereocenters. The van der Waals surface area contributed by atoms with Gasteiger partial charge in [-0.3, -0.25) is 4.79 Å². The van der Waals surface area contributed by atoms with E-state index in [0.717, 1.165) is 37.3 Å². The van der Waals surface area contributed by atoms with Gasteiger partial charge in [0.1, 0.15) is 5.76 Å². The molecule has 1 amide bonds. The van der Waals surface area contributed by atoms with Gasteiger partial charge in [0.15, 0.2) is 5.82 Å². The molecule has 134 valence electrons. The topological polar surface area (TPSA) is 90.6 Å². The van der Waals surface area contributed by atoms with Gasteiger partial charge < -0.3 is 25.2 Å². The van der Waals surface area contributed by atoms with Crippen molar-refractivity contribution in [1.29, 1.82) is 0 Å². The second-order valence-electron chi connectivity index (χ2n) is 6.35. The summed E-state index contributed by atoms with van der Waals surface area (Å²) < 4.78 is 4.93. The van der Waals surface area contributed by atoms with Crippen LogP contribution in [0.15, 0.2) is 34.9 Å². The Bertz CT molecular complexity index is 708. The van der Waals surface area contributed by atoms with Crippen LogP contribution in [0.25, 0.3) is 0 Å². The maximum absolute atomic E-state index is 12.1. The average Bonchev–Trinajstić information content (AvgIpc) is 3.05. The highest BCUT2D eigenvalue weighted by atomic mass is 16.5. The predicted molar refractivity (Wildman–Crippen MR) is 96.8 cm³/mol. The minimum Gasteiger partial charge on any atom is -0.396 e. The van der Waals surface area contributed by atoms with Gasteiger partial charge in [-0.15, -0.1) is 0 Å². The molecule has 7 heteroatoms. The van der Waals surface area contributed by atoms with Crippen LogP contribution in [-0.2, 0) is 4.79 Å². The summed E-state index contributed by atoms with van der Waals surface area (Å²) in [6.45, 7) is 4.01. The number of carbonyl (C=O) groups excluding carboxylic acids is 1. The van der Waals surface area contributed by atoms with Crippen molar-refractivity contribution in [3.8, 4) is 0 Å². The summed E-state index contributed by atoms with van der Waals surface area (Å²) in [5.41, 5.74) is 2.01. The lowest BCUT2D eigenvalue weighted by Gasteiger charge is -2.34. The molecule has 2 aromatic rings. The fourth-order valence-corrected chi connectivity index (χ4v) is 3.04. The maximum atomic E-state index is 12.1. The van der Waals surface area contributed by atoms with Gasteiger partial charge in [-0.05, 0) is 37.8 Å². The van der Waals surface area contributed by atoms with Gasteiger partial charge in [-0.2, -0.15) is 0 Å². The Labute approximate surface area is 147 Å². The molecule has 7 nitrogen and oxygen atoms in total. The number of nitrogens with zero attached hydrogens (tertiary/aromatic N) is 2. The fraction of sp³-hybridized carbons (Fsp3) is 0.444. The van der Waals surface area contributed by atoms with Crippen molar-refractivity contribution in [2.75, 3.05) is 41.8 Å². The zero-order valence-electron chi connectivity index (χ0n) is 14.4. The molecule has 0 radical (unpaired) electrons. The summed E-state index contributed by atoms with van der Waals surface area (Å²) in [6.07, 6.45) is 1.97. The number of aromatic nitrogens is 1. The van der Waals surface area contributed by atoms with Crippen molar-refractivity contribution in [2.24, 2.45) is 5.92 Å². The molecular formula is C18H24N4O3. The summed E-state index contributed by atoms with van der Waals surface area (Å²) in [4.78, 5) is 14.4. The molecule has 0 atom stereocenters. The van der Waals surface area contributed by atoms with E-state index in [2.05, 4.69) is 26.8 Å². The van der Waals surface area contributed by atoms with E-state index < -0.39 is 0 Å². The molecule has 3 rings (SSSR count). The van der Waals surface area contributed by atoms with E-state index in [9.17, 15) is 9.90 Å². The predicted octanol–water partition coefficient (Wildman–Crippen LogP) is 2.24. The number of carbonyl (C=O) groups is 1. The fourth-order valence-electron chi connectivity index (χ4n) is 3.04. The van der Waals surface area contributed by atoms with Crippen LogP contribution in [0.5, 0.6) is 0 Å². The van der Waals surface area contributed by atoms with E-state index in [4.69, 9.17) is 4.52 Å². The van der Waals surface area contributed by atoms with Crippen LogP contribution in [0.1, 0.15) is 18.6 Å². The Balaban J connectivity index is 1.58. The third kappa shape index (κ3) is 4.51. The van der Waals surface area contributed by atoms with E-state index >= 15 is 0 Å². The lowest BCUT2D eigenvalue weighted by atomic mass is 9.97. The number of hydrogen-bond acceptors (Lipinski definition) is 6. The van der Waals surface area contributed by atoms with E-state index in [-0.39, 0.29) is 19.1 Å². The monoisotopic (exact) mass is 344 g/mol. The number of aryl methyl sites for hydroxylation is 1. The second kappa shape index (κ2) is 8.02. The zero-order valence-corrected chi connectivity index (χ0v) is 14.4. The lowest BCUT2D eigenvalue weighted by molar-refractivity contribution is -0.114. The molecule has 3 N–H and O–H groups in total. The summed E-state index contributed by atoms with van der Waals surface area (Å²) in [5, 5.41) is 18.9. The van der Waals surface area contributed by atoms with Crippen molar-refractivity contribution in [3.05, 3.63) is 36.1 Å². The minimum atomic E-state index is -0.179. The van der Waals surface area contributed by atoms with Gasteiger partial charge >= 0.3 is 0 Å². The summed E-state index contributed by atoms with van der Waals surface area (Å²) in [5.74, 6) is 1.29. The van der Waals surface area contributed by atoms with E-state index in [1.165, 1.54) is 0 Å². The van der Waals surface area contributed by atoms with E-state index in [1.54, 1.807) is 13.0 Å². The van der Waals surface area contributed by atoms with Crippen LogP contribution in [-0.4, -0.2) is 42.4 Å². The minimum absolute atomic E-state index is 0.149. The largest absolute Gasteiger partial charge is 0.396 e. The number of aliphatic hydroxyl groups excluding tert-OH is 1. The highest BCUT2D eigenvalue weighted by Crippen LogP contribution is 2.29. The third-order valence-electron chi connectivity index (χ3n) is 4.45. The molecule has 1 fully saturated rings. The number of para-hydroxylation sites is 2. The standard InChI is InChI=1S/C18H24N4O3/c1-13-10-17(21-25-13)20-18(24)11-19-15-4-2-3-5-16(15)22-8-6-14(12-23)7-9-22/h2-5,10,14,19,23H,6-9,11-12H2,1H3,(H,20,21,24). The molecule has 1 saturated heterocycles. The van der Waals surface area contributed by atoms with Crippen LogP contribution >= 0.6 is 0 Å². The van der Waals surface area contributed by atoms with E-state index in [0.29, 0.717) is 17.5 Å². The molecule has 0 bridgehead atoms. The zero-order chi connectivity index (χ0) is 17.6. The van der Waals surface area contributed by atoms with Gasteiger partial charge in [-0.1, -0.05) is 17.3 Å². The Morgan fingerprint density at radius 1 is 1.36 bits per heavy atom. The molecule has 0 spiro atoms. The molecule has 0 saturated carbocycles. The number of piperidine rings is 1. The molecule has 2 heterocycles. The molecule has 0 aliphatic carbocycles. The summed E-state index contributed by atoms with van der Waals surface area (Å²) in [6, 6.07) is 9.65. The highest BCUT2D eigenvalue weighted by Gasteiger charge is 2.20. The SMILES string of the molecule is Cc1cc(NC(=O)CNc2ccccc2N2CCC(CO)CC2)no1. The van der Waals surface area contributed by atoms with Crippen molar-refractivity contribution in [2.45, 2.75) is 19.8 Å². The summed E-state index contributed by atoms with van der Waals surface area (Å²) >= 11 is 0. The summed E-state index contributed by atoms with van der Waals surface area (Å²) in [7, 11) is 0. The van der Waals surface area contributed by atoms with Crippen LogP contribution in [0.3, 0.4) is 0 Å². The lowest BCUT2D eigenvalue weighted by Crippen LogP contribution is -2.35. The number of amides is 1. The number of anilines is 3. The van der Waals surface area contributed by atoms with Crippen LogP contribution < -0.4 is 15.5 Å². The number of nitrogens with one attached hydrogen (secondary N) is 2. The molecular weight excluding hydrogens is 320 g/mol. The van der Waals surface area contributed by atoms with Gasteiger partial charge in [0.25, 0.3) is 0 Å². The van der Waals surface area contributed by atoms with Crippen LogP contribution in [0, 0.1) is 12.8 Å². The molecule has 25 heavy (non-hydrogen) atoms. The first-order valence-corrected chi connectivity index (χ1v) is 8.57. The van der Waals surface area contributed by atoms with Gasteiger partial charge in [0.2, 0.25) is 5.91 Å². The van der Waals surface area contributed by atoms with Crippen molar-refractivity contribution in [1.82, 2.24) is 5.16 Å². The number of rotatable bonds is 6. The Hall–Kier alpha value is -2.54. The highest BCUT2D eigenvalue weighted by molar-refractivity contribution is 5.93. The second-order valence-corrected chi connectivity index (χ2v) is 6.35. The van der Waals surface area contributed by atoms with Gasteiger partial charge in [-0.25, -0.2) is 0 Å². The number of hydrogen-bond donors (Lipinski definition) is 3. The van der Waals surface area contributed by atoms with Gasteiger partial charge in [0.05, 0.1) is 17.9 Å². The number of benzene rings is 1. The first-order valence-electron chi connectivity index (χ1n) is 8.57. The van der Waals surface area contributed by atoms with Gasteiger partial charge in [0, 0.05) is 25.8 Å². The van der Waals surface area contributed by atoms with Crippen molar-refractivity contribution in [3.63, 3.8) is 0 Å². The quantitative estimate of drug-likeness (QED) is 0.744. The van der Waals surface area contributed by atoms with Crippen molar-refractivity contribution >= 4 is 23.1 Å². The van der Waals surface area contributed by atoms with Crippen LogP contribution in [0.4, 0.5) is 17.2 Å². The molecule has 1 aromatic carbocycles. The first kappa shape index (κ1) is 17.3. The Morgan fingerprint density at radius 3 is 2.80 bits per heavy atom. The van der Waals surface area contributed by atoms with Crippen molar-refractivity contribution < 1.29 is 14.4 Å². The Kier molecular flexibility index (Phi) is 5.55. The van der Waals surface area contributed by atoms with Crippen LogP contribution in [0.2, 0.25) is 0 Å². The Morgan fingerprint density at radius 2 is 2.12 bits per heavy atom. The molecule has 1 aliphatic heterocycles. The smallest absolute Gasteiger partial charge is 0.244 e. The average molecular weight is 344 g/mol. The normalized spacial score (nSPS) is 15.2. The maximum Gasteiger partial charge on any atom is 0.244 e. The third-order valence-corrected chi connectivity index (χ3v) is 4.45. The number of aliphatic hydroxyl groups is 1.